The quantitative estimate of drug-likeness (QED) is 0.385. The molecule has 0 atom stereocenters. The number of guanidine groups is 1. The van der Waals surface area contributed by atoms with Gasteiger partial charge in [-0.15, -0.1) is 10.2 Å². The van der Waals surface area contributed by atoms with Gasteiger partial charge in [0.05, 0.1) is 12.8 Å². The van der Waals surface area contributed by atoms with Crippen LogP contribution in [-0.2, 0) is 6.54 Å². The van der Waals surface area contributed by atoms with Crippen molar-refractivity contribution in [1.29, 1.82) is 0 Å². The van der Waals surface area contributed by atoms with Crippen LogP contribution in [0.5, 0.6) is 0 Å². The first-order valence-corrected chi connectivity index (χ1v) is 7.13. The van der Waals surface area contributed by atoms with Crippen molar-refractivity contribution in [2.75, 3.05) is 0 Å². The van der Waals surface area contributed by atoms with Crippen LogP contribution in [0.4, 0.5) is 0 Å². The van der Waals surface area contributed by atoms with Crippen molar-refractivity contribution in [2.45, 2.75) is 6.54 Å². The molecule has 5 nitrogen and oxygen atoms in total. The summed E-state index contributed by atoms with van der Waals surface area (Å²) in [4.78, 5) is 0. The fourth-order valence-electron chi connectivity index (χ4n) is 1.50. The third kappa shape index (κ3) is 5.63. The first-order valence-electron chi connectivity index (χ1n) is 6.37. The van der Waals surface area contributed by atoms with Gasteiger partial charge in [0.2, 0.25) is 0 Å². The molecule has 2 N–H and O–H groups in total. The van der Waals surface area contributed by atoms with E-state index in [4.69, 9.17) is 28.9 Å². The van der Waals surface area contributed by atoms with Gasteiger partial charge in [0.1, 0.15) is 0 Å². The number of hydrogen-bond donors (Lipinski definition) is 1. The van der Waals surface area contributed by atoms with Crippen LogP contribution in [-0.4, -0.2) is 12.2 Å². The molecule has 0 aliphatic carbocycles. The van der Waals surface area contributed by atoms with E-state index >= 15 is 0 Å². The van der Waals surface area contributed by atoms with Gasteiger partial charge >= 0.3 is 0 Å². The van der Waals surface area contributed by atoms with Crippen molar-refractivity contribution < 1.29 is 0 Å². The van der Waals surface area contributed by atoms with Crippen LogP contribution in [0, 0.1) is 0 Å². The highest BCUT2D eigenvalue weighted by Gasteiger charge is 1.92. The minimum absolute atomic E-state index is 0.0147. The Hall–Kier alpha value is -2.24. The number of halogens is 2. The van der Waals surface area contributed by atoms with Crippen molar-refractivity contribution in [2.24, 2.45) is 26.2 Å². The predicted molar refractivity (Wildman–Crippen MR) is 90.7 cm³/mol. The van der Waals surface area contributed by atoms with E-state index in [1.165, 1.54) is 0 Å². The Morgan fingerprint density at radius 1 is 0.955 bits per heavy atom. The molecule has 0 saturated carbocycles. The van der Waals surface area contributed by atoms with Crippen LogP contribution in [0.3, 0.4) is 0 Å². The predicted octanol–water partition coefficient (Wildman–Crippen LogP) is 4.29. The van der Waals surface area contributed by atoms with E-state index in [-0.39, 0.29) is 5.96 Å². The zero-order valence-corrected chi connectivity index (χ0v) is 13.0. The van der Waals surface area contributed by atoms with E-state index in [1.54, 1.807) is 30.5 Å². The lowest BCUT2D eigenvalue weighted by Crippen LogP contribution is -2.06. The lowest BCUT2D eigenvalue weighted by molar-refractivity contribution is 0.962. The number of hydrogen-bond acceptors (Lipinski definition) is 3. The van der Waals surface area contributed by atoms with Gasteiger partial charge in [0.15, 0.2) is 0 Å². The molecule has 22 heavy (non-hydrogen) atoms. The first-order chi connectivity index (χ1) is 10.6. The Kier molecular flexibility index (Phi) is 6.06. The van der Waals surface area contributed by atoms with Crippen molar-refractivity contribution in [3.63, 3.8) is 0 Å². The minimum atomic E-state index is -0.0147. The van der Waals surface area contributed by atoms with Crippen molar-refractivity contribution in [1.82, 2.24) is 0 Å². The maximum Gasteiger partial charge on any atom is 0.259 e. The monoisotopic (exact) mass is 333 g/mol. The van der Waals surface area contributed by atoms with E-state index in [0.29, 0.717) is 16.6 Å². The molecule has 0 saturated heterocycles. The van der Waals surface area contributed by atoms with Crippen LogP contribution in [0.15, 0.2) is 69.0 Å². The maximum absolute atomic E-state index is 5.80. The molecule has 0 bridgehead atoms. The maximum atomic E-state index is 5.80. The number of nitrogens with zero attached hydrogens (tertiary/aromatic N) is 4. The van der Waals surface area contributed by atoms with Gasteiger partial charge in [-0.2, -0.15) is 10.2 Å². The molecule has 0 amide bonds. The Morgan fingerprint density at radius 3 is 2.18 bits per heavy atom. The first kappa shape index (κ1) is 16.1. The molecule has 0 fully saturated rings. The van der Waals surface area contributed by atoms with Crippen molar-refractivity contribution in [3.8, 4) is 0 Å². The van der Waals surface area contributed by atoms with E-state index in [2.05, 4.69) is 20.4 Å². The third-order valence-electron chi connectivity index (χ3n) is 2.58. The smallest absolute Gasteiger partial charge is 0.259 e. The second-order valence-corrected chi connectivity index (χ2v) is 5.15. The second kappa shape index (κ2) is 8.26. The third-order valence-corrected chi connectivity index (χ3v) is 3.08. The van der Waals surface area contributed by atoms with Crippen LogP contribution >= 0.6 is 23.2 Å². The van der Waals surface area contributed by atoms with Crippen molar-refractivity contribution in [3.05, 3.63) is 69.7 Å². The Morgan fingerprint density at radius 2 is 1.55 bits per heavy atom. The van der Waals surface area contributed by atoms with E-state index in [1.807, 2.05) is 24.3 Å². The highest BCUT2D eigenvalue weighted by molar-refractivity contribution is 6.30. The summed E-state index contributed by atoms with van der Waals surface area (Å²) in [7, 11) is 0. The Labute approximate surface area is 138 Å². The molecule has 7 heteroatoms. The molecule has 0 radical (unpaired) electrons. The van der Waals surface area contributed by atoms with Gasteiger partial charge < -0.3 is 5.73 Å². The zero-order valence-electron chi connectivity index (χ0n) is 11.5. The number of nitrogens with two attached hydrogens (primary N) is 1. The molecule has 2 aromatic rings. The molecule has 0 heterocycles. The second-order valence-electron chi connectivity index (χ2n) is 4.28. The molecular formula is C15H13Cl2N5. The van der Waals surface area contributed by atoms with Gasteiger partial charge in [0, 0.05) is 10.0 Å². The Bertz CT molecular complexity index is 691. The van der Waals surface area contributed by atoms with Gasteiger partial charge in [-0.1, -0.05) is 47.5 Å². The molecule has 0 aliphatic heterocycles. The molecular weight excluding hydrogens is 321 g/mol. The average molecular weight is 334 g/mol. The molecule has 2 rings (SSSR count). The van der Waals surface area contributed by atoms with Gasteiger partial charge in [-0.05, 0) is 35.4 Å². The summed E-state index contributed by atoms with van der Waals surface area (Å²) in [6, 6.07) is 14.5. The van der Waals surface area contributed by atoms with Crippen LogP contribution in [0.1, 0.15) is 11.1 Å². The van der Waals surface area contributed by atoms with Crippen LogP contribution in [0.2, 0.25) is 10.0 Å². The lowest BCUT2D eigenvalue weighted by atomic mass is 10.2. The summed E-state index contributed by atoms with van der Waals surface area (Å²) in [5.74, 6) is -0.0147. The largest absolute Gasteiger partial charge is 0.365 e. The summed E-state index contributed by atoms with van der Waals surface area (Å²) >= 11 is 11.6. The summed E-state index contributed by atoms with van der Waals surface area (Å²) in [6.07, 6.45) is 1.55. The van der Waals surface area contributed by atoms with E-state index in [9.17, 15) is 0 Å². The zero-order chi connectivity index (χ0) is 15.8. The SMILES string of the molecule is NC(N=NCc1ccc(Cl)cc1)=N/N=C/c1ccc(Cl)cc1. The molecule has 0 unspecified atom stereocenters. The van der Waals surface area contributed by atoms with Gasteiger partial charge in [-0.3, -0.25) is 0 Å². The van der Waals surface area contributed by atoms with Gasteiger partial charge in [-0.25, -0.2) is 0 Å². The summed E-state index contributed by atoms with van der Waals surface area (Å²) in [6.45, 7) is 0.397. The van der Waals surface area contributed by atoms with Gasteiger partial charge in [0.25, 0.3) is 5.96 Å². The summed E-state index contributed by atoms with van der Waals surface area (Å²) in [5.41, 5.74) is 7.42. The fourth-order valence-corrected chi connectivity index (χ4v) is 1.75. The highest BCUT2D eigenvalue weighted by Crippen LogP contribution is 2.10. The number of benzene rings is 2. The Balaban J connectivity index is 1.87. The average Bonchev–Trinajstić information content (AvgIpc) is 2.51. The highest BCUT2D eigenvalue weighted by atomic mass is 35.5. The molecule has 112 valence electrons. The lowest BCUT2D eigenvalue weighted by Gasteiger charge is -1.95. The minimum Gasteiger partial charge on any atom is -0.365 e. The topological polar surface area (TPSA) is 75.5 Å². The molecule has 0 spiro atoms. The summed E-state index contributed by atoms with van der Waals surface area (Å²) < 4.78 is 0. The molecule has 0 aliphatic rings. The standard InChI is InChI=1S/C15H13Cl2N5/c16-13-5-1-11(2-6-13)9-19-21-15(18)22-20-10-12-3-7-14(17)8-4-12/h1-9H,10H2,(H2,18,21)/b19-9+,22-20?. The van der Waals surface area contributed by atoms with Crippen LogP contribution in [0.25, 0.3) is 0 Å². The van der Waals surface area contributed by atoms with E-state index in [0.717, 1.165) is 11.1 Å². The normalized spacial score (nSPS) is 12.4. The fraction of sp³-hybridized carbons (Fsp3) is 0.0667. The van der Waals surface area contributed by atoms with E-state index < -0.39 is 0 Å². The molecule has 0 aromatic heterocycles. The molecule has 2 aromatic carbocycles. The van der Waals surface area contributed by atoms with Crippen molar-refractivity contribution >= 4 is 35.4 Å². The number of azo groups is 1. The number of rotatable bonds is 4. The van der Waals surface area contributed by atoms with Crippen LogP contribution < -0.4 is 5.73 Å². The summed E-state index contributed by atoms with van der Waals surface area (Å²) in [5, 5.41) is 16.6.